The summed E-state index contributed by atoms with van der Waals surface area (Å²) in [5, 5.41) is 5.32. The molecule has 1 saturated carbocycles. The predicted molar refractivity (Wildman–Crippen MR) is 131 cm³/mol. The third kappa shape index (κ3) is 5.61. The second-order valence-electron chi connectivity index (χ2n) is 8.68. The number of halogens is 3. The van der Waals surface area contributed by atoms with E-state index in [1.54, 1.807) is 30.2 Å². The average Bonchev–Trinajstić information content (AvgIpc) is 3.30. The van der Waals surface area contributed by atoms with Crippen molar-refractivity contribution in [3.8, 4) is 22.6 Å². The van der Waals surface area contributed by atoms with Crippen LogP contribution >= 0.6 is 0 Å². The molecule has 0 unspecified atom stereocenters. The minimum Gasteiger partial charge on any atom is -0.382 e. The number of primary amides is 1. The van der Waals surface area contributed by atoms with Crippen molar-refractivity contribution < 1.29 is 18.0 Å². The Morgan fingerprint density at radius 2 is 1.81 bits per heavy atom. The van der Waals surface area contributed by atoms with Gasteiger partial charge < -0.3 is 11.5 Å². The molecule has 0 aliphatic heterocycles. The maximum absolute atomic E-state index is 11.9. The normalized spacial score (nSPS) is 14.3. The summed E-state index contributed by atoms with van der Waals surface area (Å²) in [5.74, 6) is -1.75. The van der Waals surface area contributed by atoms with Crippen molar-refractivity contribution in [2.75, 3.05) is 5.73 Å². The highest BCUT2D eigenvalue weighted by Gasteiger charge is 2.39. The maximum Gasteiger partial charge on any atom is 0.391 e. The van der Waals surface area contributed by atoms with Gasteiger partial charge in [-0.25, -0.2) is 9.97 Å². The number of nitrogen functional groups attached to an aromatic ring is 1. The molecule has 8 nitrogen and oxygen atoms in total. The summed E-state index contributed by atoms with van der Waals surface area (Å²) in [6.45, 7) is 0. The smallest absolute Gasteiger partial charge is 0.382 e. The number of rotatable bonds is 3. The van der Waals surface area contributed by atoms with Gasteiger partial charge in [0, 0.05) is 30.4 Å². The van der Waals surface area contributed by atoms with Crippen LogP contribution in [0.5, 0.6) is 0 Å². The predicted octanol–water partition coefficient (Wildman–Crippen LogP) is 4.90. The van der Waals surface area contributed by atoms with Crippen molar-refractivity contribution in [2.45, 2.75) is 38.3 Å². The zero-order chi connectivity index (χ0) is 25.9. The number of alkyl halides is 3. The third-order valence-corrected chi connectivity index (χ3v) is 6.06. The van der Waals surface area contributed by atoms with Gasteiger partial charge in [0.15, 0.2) is 11.5 Å². The summed E-state index contributed by atoms with van der Waals surface area (Å²) >= 11 is 0. The van der Waals surface area contributed by atoms with Crippen LogP contribution in [0.15, 0.2) is 48.8 Å². The Hall–Kier alpha value is -4.02. The molecule has 3 heterocycles. The summed E-state index contributed by atoms with van der Waals surface area (Å²) in [5.41, 5.74) is 14.4. The van der Waals surface area contributed by atoms with Crippen LogP contribution in [0, 0.1) is 5.92 Å². The van der Waals surface area contributed by atoms with Gasteiger partial charge in [0.2, 0.25) is 0 Å². The van der Waals surface area contributed by atoms with E-state index in [0.717, 1.165) is 35.7 Å². The molecule has 1 amide bonds. The number of hydrogen-bond donors (Lipinski definition) is 2. The number of aryl methyl sites for hydroxylation is 1. The topological polar surface area (TPSA) is 126 Å². The van der Waals surface area contributed by atoms with E-state index < -0.39 is 18.0 Å². The number of benzene rings is 1. The summed E-state index contributed by atoms with van der Waals surface area (Å²) < 4.78 is 37.5. The minimum atomic E-state index is -3.93. The molecule has 1 fully saturated rings. The van der Waals surface area contributed by atoms with Gasteiger partial charge in [-0.3, -0.25) is 14.5 Å². The molecule has 188 valence electrons. The van der Waals surface area contributed by atoms with Crippen molar-refractivity contribution in [1.82, 2.24) is 24.7 Å². The Balaban J connectivity index is 0.000000256. The molecule has 1 aromatic carbocycles. The molecule has 0 saturated heterocycles. The van der Waals surface area contributed by atoms with E-state index >= 15 is 0 Å². The molecular weight excluding hydrogens is 471 g/mol. The van der Waals surface area contributed by atoms with Crippen LogP contribution < -0.4 is 11.5 Å². The fourth-order valence-electron chi connectivity index (χ4n) is 4.20. The molecule has 4 aromatic rings. The van der Waals surface area contributed by atoms with Gasteiger partial charge in [-0.1, -0.05) is 31.4 Å². The Morgan fingerprint density at radius 1 is 1.06 bits per heavy atom. The standard InChI is InChI=1S/C18H15N7O.C7H11F3/c1-25-8-6-13(24-25)15-14(22-16(18(20)26)17(19)23-15)11-4-5-12-10(9-11)3-2-7-21-12;8-7(9,10)6-4-2-1-3-5-6/h2-9H,1H3,(H2,19,23)(H2,20,26);6H,1-5H2. The molecule has 5 rings (SSSR count). The highest BCUT2D eigenvalue weighted by Crippen LogP contribution is 2.37. The van der Waals surface area contributed by atoms with Gasteiger partial charge in [-0.15, -0.1) is 0 Å². The van der Waals surface area contributed by atoms with Crippen LogP contribution in [-0.4, -0.2) is 36.8 Å². The number of hydrogen-bond acceptors (Lipinski definition) is 6. The third-order valence-electron chi connectivity index (χ3n) is 6.06. The molecular formula is C25H26F3N7O. The fourth-order valence-corrected chi connectivity index (χ4v) is 4.20. The van der Waals surface area contributed by atoms with Crippen molar-refractivity contribution in [3.63, 3.8) is 0 Å². The lowest BCUT2D eigenvalue weighted by atomic mass is 9.89. The van der Waals surface area contributed by atoms with Gasteiger partial charge in [0.25, 0.3) is 5.91 Å². The first-order valence-corrected chi connectivity index (χ1v) is 11.5. The molecule has 11 heteroatoms. The SMILES string of the molecule is Cn1ccc(-c2nc(N)c(C(N)=O)nc2-c2ccc3ncccc3c2)n1.FC(F)(F)C1CCCCC1. The molecule has 0 bridgehead atoms. The number of carbonyl (C=O) groups excluding carboxylic acids is 1. The summed E-state index contributed by atoms with van der Waals surface area (Å²) in [6.07, 6.45) is 2.78. The summed E-state index contributed by atoms with van der Waals surface area (Å²) in [6, 6.07) is 11.3. The molecule has 0 atom stereocenters. The van der Waals surface area contributed by atoms with E-state index in [-0.39, 0.29) is 11.5 Å². The second-order valence-corrected chi connectivity index (χ2v) is 8.68. The lowest BCUT2D eigenvalue weighted by Crippen LogP contribution is -2.24. The highest BCUT2D eigenvalue weighted by molar-refractivity contribution is 5.97. The number of pyridine rings is 1. The van der Waals surface area contributed by atoms with E-state index in [0.29, 0.717) is 29.9 Å². The van der Waals surface area contributed by atoms with Crippen LogP contribution in [0.25, 0.3) is 33.5 Å². The van der Waals surface area contributed by atoms with Crippen molar-refractivity contribution in [2.24, 2.45) is 18.7 Å². The van der Waals surface area contributed by atoms with E-state index in [2.05, 4.69) is 20.1 Å². The second kappa shape index (κ2) is 10.3. The first kappa shape index (κ1) is 25.1. The van der Waals surface area contributed by atoms with Crippen LogP contribution in [0.4, 0.5) is 19.0 Å². The molecule has 4 N–H and O–H groups in total. The minimum absolute atomic E-state index is 0.0237. The van der Waals surface area contributed by atoms with E-state index in [1.165, 1.54) is 0 Å². The molecule has 0 radical (unpaired) electrons. The van der Waals surface area contributed by atoms with Gasteiger partial charge >= 0.3 is 6.18 Å². The first-order chi connectivity index (χ1) is 17.1. The number of aromatic nitrogens is 5. The van der Waals surface area contributed by atoms with Crippen LogP contribution in [0.1, 0.15) is 42.6 Å². The van der Waals surface area contributed by atoms with Gasteiger partial charge in [-0.05, 0) is 37.1 Å². The number of amides is 1. The van der Waals surface area contributed by atoms with Gasteiger partial charge in [0.05, 0.1) is 17.1 Å². The zero-order valence-electron chi connectivity index (χ0n) is 19.7. The van der Waals surface area contributed by atoms with Gasteiger partial charge in [0.1, 0.15) is 11.4 Å². The molecule has 1 aliphatic rings. The monoisotopic (exact) mass is 497 g/mol. The lowest BCUT2D eigenvalue weighted by molar-refractivity contribution is -0.181. The quantitative estimate of drug-likeness (QED) is 0.415. The highest BCUT2D eigenvalue weighted by atomic mass is 19.4. The van der Waals surface area contributed by atoms with E-state index in [4.69, 9.17) is 11.5 Å². The average molecular weight is 498 g/mol. The number of nitrogens with zero attached hydrogens (tertiary/aromatic N) is 5. The fraction of sp³-hybridized carbons (Fsp3) is 0.320. The number of anilines is 1. The van der Waals surface area contributed by atoms with E-state index in [1.807, 2.05) is 30.3 Å². The largest absolute Gasteiger partial charge is 0.391 e. The number of nitrogens with two attached hydrogens (primary N) is 2. The van der Waals surface area contributed by atoms with E-state index in [9.17, 15) is 18.0 Å². The maximum atomic E-state index is 11.9. The molecule has 3 aromatic heterocycles. The van der Waals surface area contributed by atoms with Crippen LogP contribution in [0.3, 0.4) is 0 Å². The summed E-state index contributed by atoms with van der Waals surface area (Å²) in [7, 11) is 1.80. The molecule has 1 aliphatic carbocycles. The Morgan fingerprint density at radius 3 is 2.42 bits per heavy atom. The lowest BCUT2D eigenvalue weighted by Gasteiger charge is -2.23. The summed E-state index contributed by atoms with van der Waals surface area (Å²) in [4.78, 5) is 24.8. The Labute approximate surface area is 205 Å². The number of carbonyl (C=O) groups is 1. The van der Waals surface area contributed by atoms with Crippen LogP contribution in [-0.2, 0) is 7.05 Å². The molecule has 0 spiro atoms. The molecule has 36 heavy (non-hydrogen) atoms. The zero-order valence-corrected chi connectivity index (χ0v) is 19.7. The van der Waals surface area contributed by atoms with Crippen molar-refractivity contribution in [1.29, 1.82) is 0 Å². The van der Waals surface area contributed by atoms with Crippen molar-refractivity contribution in [3.05, 3.63) is 54.5 Å². The Bertz CT molecular complexity index is 1380. The van der Waals surface area contributed by atoms with Crippen LogP contribution in [0.2, 0.25) is 0 Å². The Kier molecular flexibility index (Phi) is 7.18. The van der Waals surface area contributed by atoms with Gasteiger partial charge in [-0.2, -0.15) is 18.3 Å². The van der Waals surface area contributed by atoms with Crippen molar-refractivity contribution >= 4 is 22.6 Å². The first-order valence-electron chi connectivity index (χ1n) is 11.5. The number of fused-ring (bicyclic) bond motifs is 1.